The van der Waals surface area contributed by atoms with Crippen LogP contribution in [0.3, 0.4) is 0 Å². The first-order valence-electron chi connectivity index (χ1n) is 8.36. The molecule has 0 bridgehead atoms. The van der Waals surface area contributed by atoms with Gasteiger partial charge in [0, 0.05) is 22.6 Å². The number of halogens is 2. The molecule has 3 aromatic rings. The second kappa shape index (κ2) is 8.18. The van der Waals surface area contributed by atoms with E-state index in [0.29, 0.717) is 27.1 Å². The van der Waals surface area contributed by atoms with Gasteiger partial charge in [0.05, 0.1) is 0 Å². The van der Waals surface area contributed by atoms with E-state index in [9.17, 15) is 18.6 Å². The molecule has 2 atom stereocenters. The third-order valence-electron chi connectivity index (χ3n) is 4.28. The van der Waals surface area contributed by atoms with Gasteiger partial charge < -0.3 is 10.2 Å². The highest BCUT2D eigenvalue weighted by Crippen LogP contribution is 2.54. The molecule has 0 aliphatic heterocycles. The fourth-order valence-electron chi connectivity index (χ4n) is 2.86. The zero-order valence-electron chi connectivity index (χ0n) is 15.1. The van der Waals surface area contributed by atoms with E-state index in [-0.39, 0.29) is 5.82 Å². The summed E-state index contributed by atoms with van der Waals surface area (Å²) in [6.45, 7) is 2.82. The highest BCUT2D eigenvalue weighted by Gasteiger charge is 2.36. The molecule has 146 valence electrons. The molecule has 0 saturated carbocycles. The number of carbonyl (C=O) groups is 1. The summed E-state index contributed by atoms with van der Waals surface area (Å²) in [7, 11) is -3.81. The maximum Gasteiger partial charge on any atom is 0.241 e. The number of nitrogens with one attached hydrogen (secondary N) is 1. The monoisotopic (exact) mass is 437 g/mol. The van der Waals surface area contributed by atoms with E-state index >= 15 is 0 Å². The van der Waals surface area contributed by atoms with Gasteiger partial charge in [-0.1, -0.05) is 23.7 Å². The summed E-state index contributed by atoms with van der Waals surface area (Å²) in [5.41, 5.74) is 0.315. The van der Waals surface area contributed by atoms with Crippen LogP contribution in [-0.4, -0.2) is 17.5 Å². The summed E-state index contributed by atoms with van der Waals surface area (Å²) in [6, 6.07) is 9.92. The van der Waals surface area contributed by atoms with Crippen molar-refractivity contribution in [1.29, 1.82) is 0 Å². The van der Waals surface area contributed by atoms with Gasteiger partial charge in [-0.2, -0.15) is 0 Å². The highest BCUT2D eigenvalue weighted by molar-refractivity contribution is 7.58. The average Bonchev–Trinajstić information content (AvgIpc) is 3.00. The van der Waals surface area contributed by atoms with E-state index in [4.69, 9.17) is 11.6 Å². The van der Waals surface area contributed by atoms with Crippen LogP contribution in [0.25, 0.3) is 16.2 Å². The number of benzene rings is 2. The van der Waals surface area contributed by atoms with Gasteiger partial charge in [-0.05, 0) is 64.7 Å². The van der Waals surface area contributed by atoms with Gasteiger partial charge in [0.15, 0.2) is 0 Å². The third-order valence-corrected chi connectivity index (χ3v) is 6.97. The molecule has 0 radical (unpaired) electrons. The van der Waals surface area contributed by atoms with E-state index in [1.807, 2.05) is 6.07 Å². The van der Waals surface area contributed by atoms with Crippen LogP contribution in [0.1, 0.15) is 22.3 Å². The topological polar surface area (TPSA) is 66.4 Å². The summed E-state index contributed by atoms with van der Waals surface area (Å²) < 4.78 is 27.0. The quantitative estimate of drug-likeness (QED) is 0.501. The Kier molecular flexibility index (Phi) is 6.06. The Bertz CT molecular complexity index is 1120. The second-order valence-corrected chi connectivity index (χ2v) is 10.3. The van der Waals surface area contributed by atoms with E-state index in [0.717, 1.165) is 11.4 Å². The minimum atomic E-state index is -3.81. The molecular weight excluding hydrogens is 420 g/mol. The predicted octanol–water partition coefficient (Wildman–Crippen LogP) is 5.73. The third kappa shape index (κ3) is 4.53. The summed E-state index contributed by atoms with van der Waals surface area (Å²) >= 11 is 7.43. The van der Waals surface area contributed by atoms with Crippen LogP contribution in [0.4, 0.5) is 4.39 Å². The van der Waals surface area contributed by atoms with Crippen LogP contribution in [0, 0.1) is 12.7 Å². The van der Waals surface area contributed by atoms with Crippen molar-refractivity contribution < 1.29 is 18.6 Å². The predicted molar refractivity (Wildman–Crippen MR) is 114 cm³/mol. The number of thiophene rings is 1. The summed E-state index contributed by atoms with van der Waals surface area (Å²) in [4.78, 5) is 23.0. The molecule has 8 heteroatoms. The highest BCUT2D eigenvalue weighted by atomic mass is 35.5. The van der Waals surface area contributed by atoms with Gasteiger partial charge in [-0.25, -0.2) is 4.39 Å². The minimum absolute atomic E-state index is 0.346. The lowest BCUT2D eigenvalue weighted by molar-refractivity contribution is -0.120. The molecular formula is C20H18ClFNO3PS. The molecule has 0 aliphatic rings. The molecule has 1 heterocycles. The van der Waals surface area contributed by atoms with Crippen LogP contribution >= 0.6 is 30.3 Å². The number of hydrogen-bond donors (Lipinski definition) is 2. The molecule has 28 heavy (non-hydrogen) atoms. The fourth-order valence-corrected chi connectivity index (χ4v) is 5.34. The minimum Gasteiger partial charge on any atom is -0.344 e. The van der Waals surface area contributed by atoms with Crippen molar-refractivity contribution in [2.45, 2.75) is 12.6 Å². The maximum absolute atomic E-state index is 13.6. The van der Waals surface area contributed by atoms with Gasteiger partial charge >= 0.3 is 0 Å². The van der Waals surface area contributed by atoms with Gasteiger partial charge in [-0.15, -0.1) is 11.3 Å². The molecule has 2 N–H and O–H groups in total. The molecule has 0 fully saturated rings. The van der Waals surface area contributed by atoms with Crippen LogP contribution < -0.4 is 5.32 Å². The Morgan fingerprint density at radius 3 is 2.75 bits per heavy atom. The summed E-state index contributed by atoms with van der Waals surface area (Å²) in [6.07, 6.45) is 2.87. The molecule has 2 aromatic carbocycles. The average molecular weight is 438 g/mol. The lowest BCUT2D eigenvalue weighted by Crippen LogP contribution is -2.25. The van der Waals surface area contributed by atoms with Gasteiger partial charge in [0.2, 0.25) is 13.3 Å². The lowest BCUT2D eigenvalue weighted by Gasteiger charge is -2.18. The largest absolute Gasteiger partial charge is 0.344 e. The Labute approximate surface area is 171 Å². The molecule has 0 aliphatic carbocycles. The number of amides is 1. The van der Waals surface area contributed by atoms with Crippen LogP contribution in [0.2, 0.25) is 5.02 Å². The normalized spacial score (nSPS) is 14.9. The van der Waals surface area contributed by atoms with Crippen molar-refractivity contribution in [3.8, 4) is 0 Å². The maximum atomic E-state index is 13.6. The van der Waals surface area contributed by atoms with Gasteiger partial charge in [0.25, 0.3) is 0 Å². The van der Waals surface area contributed by atoms with Crippen molar-refractivity contribution in [3.05, 3.63) is 75.5 Å². The second-order valence-electron chi connectivity index (χ2n) is 6.53. The standard InChI is InChI=1S/C20H18ClFNO3PS/c1-12-3-4-13(9-17(12)22)7-8-23-20(24)19(27(2,25)26)16-11-28-18-6-5-14(21)10-15(16)18/h3-11,19H,1-2H3,(H,23,24)(H,25,26). The van der Waals surface area contributed by atoms with Crippen molar-refractivity contribution in [2.24, 2.45) is 0 Å². The zero-order valence-corrected chi connectivity index (χ0v) is 17.6. The molecule has 0 saturated heterocycles. The SMILES string of the molecule is Cc1ccc(C=CNC(=O)C(c2csc3ccc(Cl)cc23)P(C)(=O)O)cc1F. The Morgan fingerprint density at radius 2 is 2.07 bits per heavy atom. The first-order valence-corrected chi connectivity index (χ1v) is 11.8. The van der Waals surface area contributed by atoms with Crippen molar-refractivity contribution >= 4 is 52.4 Å². The van der Waals surface area contributed by atoms with Crippen LogP contribution in [0.5, 0.6) is 0 Å². The molecule has 3 rings (SSSR count). The Balaban J connectivity index is 1.88. The van der Waals surface area contributed by atoms with Crippen molar-refractivity contribution in [2.75, 3.05) is 6.66 Å². The molecule has 1 aromatic heterocycles. The van der Waals surface area contributed by atoms with Gasteiger partial charge in [-0.3, -0.25) is 9.36 Å². The van der Waals surface area contributed by atoms with Crippen LogP contribution in [-0.2, 0) is 9.36 Å². The van der Waals surface area contributed by atoms with Crippen molar-refractivity contribution in [1.82, 2.24) is 5.32 Å². The lowest BCUT2D eigenvalue weighted by atomic mass is 10.1. The Hall–Kier alpha value is -1.98. The summed E-state index contributed by atoms with van der Waals surface area (Å²) in [5.74, 6) is -0.960. The molecule has 4 nitrogen and oxygen atoms in total. The molecule has 1 amide bonds. The number of rotatable bonds is 5. The first-order chi connectivity index (χ1) is 13.2. The van der Waals surface area contributed by atoms with Gasteiger partial charge in [0.1, 0.15) is 11.5 Å². The van der Waals surface area contributed by atoms with E-state index in [1.54, 1.807) is 36.6 Å². The first kappa shape index (κ1) is 20.7. The van der Waals surface area contributed by atoms with E-state index in [1.165, 1.54) is 29.7 Å². The van der Waals surface area contributed by atoms with E-state index in [2.05, 4.69) is 5.32 Å². The molecule has 2 unspecified atom stereocenters. The van der Waals surface area contributed by atoms with E-state index < -0.39 is 18.9 Å². The number of carbonyl (C=O) groups excluding carboxylic acids is 1. The van der Waals surface area contributed by atoms with Crippen LogP contribution in [0.15, 0.2) is 48.0 Å². The smallest absolute Gasteiger partial charge is 0.241 e. The number of hydrogen-bond acceptors (Lipinski definition) is 3. The number of fused-ring (bicyclic) bond motifs is 1. The zero-order chi connectivity index (χ0) is 20.5. The number of aryl methyl sites for hydroxylation is 1. The fraction of sp³-hybridized carbons (Fsp3) is 0.150. The molecule has 0 spiro atoms. The Morgan fingerprint density at radius 1 is 1.32 bits per heavy atom. The van der Waals surface area contributed by atoms with Crippen molar-refractivity contribution in [3.63, 3.8) is 0 Å². The summed E-state index contributed by atoms with van der Waals surface area (Å²) in [5, 5.41) is 5.40.